The number of aromatic nitrogens is 6. The highest BCUT2D eigenvalue weighted by atomic mass is 35.5. The molecule has 0 amide bonds. The highest BCUT2D eigenvalue weighted by Gasteiger charge is 2.16. The van der Waals surface area contributed by atoms with Crippen LogP contribution >= 0.6 is 22.9 Å². The van der Waals surface area contributed by atoms with Crippen LogP contribution in [0, 0.1) is 0 Å². The van der Waals surface area contributed by atoms with Gasteiger partial charge in [-0.15, -0.1) is 11.3 Å². The minimum absolute atomic E-state index is 0.0926. The van der Waals surface area contributed by atoms with Gasteiger partial charge in [0, 0.05) is 36.8 Å². The Balaban J connectivity index is 1.19. The van der Waals surface area contributed by atoms with Crippen molar-refractivity contribution in [1.82, 2.24) is 29.7 Å². The molecule has 40 heavy (non-hydrogen) atoms. The normalized spacial score (nSPS) is 11.6. The number of ether oxygens (including phenoxy) is 1. The summed E-state index contributed by atoms with van der Waals surface area (Å²) >= 11 is 7.16. The van der Waals surface area contributed by atoms with Crippen molar-refractivity contribution in [2.45, 2.75) is 11.5 Å². The van der Waals surface area contributed by atoms with Gasteiger partial charge in [-0.2, -0.15) is 5.10 Å². The first kappa shape index (κ1) is 25.9. The third-order valence-electron chi connectivity index (χ3n) is 5.91. The van der Waals surface area contributed by atoms with Gasteiger partial charge in [-0.05, 0) is 48.0 Å². The van der Waals surface area contributed by atoms with E-state index in [1.165, 1.54) is 29.7 Å². The summed E-state index contributed by atoms with van der Waals surface area (Å²) in [7, 11) is -2.02. The Kier molecular flexibility index (Phi) is 6.88. The molecule has 0 unspecified atom stereocenters. The molecule has 6 aromatic rings. The minimum Gasteiger partial charge on any atom is -0.488 e. The molecule has 0 aliphatic heterocycles. The van der Waals surface area contributed by atoms with E-state index >= 15 is 0 Å². The van der Waals surface area contributed by atoms with E-state index in [2.05, 4.69) is 24.8 Å². The Hall–Kier alpha value is -4.39. The van der Waals surface area contributed by atoms with Crippen LogP contribution in [-0.4, -0.2) is 38.1 Å². The standard InChI is InChI=1S/C27H20ClN7O3S2/c1-35-15-19(11-32-35)26-14-30-24-7-2-17(9-25(24)33-26)18-8-20(12-29-10-18)34-40(36,37)23-5-3-21(4-6-23)38-16-22-13-31-27(28)39-22/h2-15,34H,16H2,1H3. The highest BCUT2D eigenvalue weighted by Crippen LogP contribution is 2.27. The number of halogens is 1. The molecule has 0 aliphatic carbocycles. The number of benzene rings is 2. The fourth-order valence-electron chi connectivity index (χ4n) is 3.97. The van der Waals surface area contributed by atoms with Crippen molar-refractivity contribution in [3.8, 4) is 28.1 Å². The fourth-order valence-corrected chi connectivity index (χ4v) is 5.90. The lowest BCUT2D eigenvalue weighted by Gasteiger charge is -2.11. The second kappa shape index (κ2) is 10.6. The number of hydrogen-bond acceptors (Lipinski definition) is 9. The Morgan fingerprint density at radius 3 is 2.52 bits per heavy atom. The summed E-state index contributed by atoms with van der Waals surface area (Å²) in [4.78, 5) is 18.4. The number of nitrogens with zero attached hydrogens (tertiary/aromatic N) is 6. The van der Waals surface area contributed by atoms with Gasteiger partial charge in [0.15, 0.2) is 4.47 Å². The van der Waals surface area contributed by atoms with Gasteiger partial charge in [0.1, 0.15) is 12.4 Å². The summed E-state index contributed by atoms with van der Waals surface area (Å²) in [5.41, 5.74) is 4.89. The van der Waals surface area contributed by atoms with Crippen LogP contribution in [0.25, 0.3) is 33.4 Å². The molecule has 1 N–H and O–H groups in total. The molecule has 6 rings (SSSR count). The molecule has 4 aromatic heterocycles. The van der Waals surface area contributed by atoms with E-state index in [4.69, 9.17) is 21.3 Å². The monoisotopic (exact) mass is 589 g/mol. The SMILES string of the molecule is Cn1cc(-c2cnc3ccc(-c4cncc(NS(=O)(=O)c5ccc(OCc6cnc(Cl)s6)cc5)c4)cc3n2)cn1. The zero-order valence-electron chi connectivity index (χ0n) is 20.9. The van der Waals surface area contributed by atoms with Gasteiger partial charge in [0.25, 0.3) is 10.0 Å². The first-order valence-electron chi connectivity index (χ1n) is 11.9. The number of thiazole rings is 1. The topological polar surface area (TPSA) is 125 Å². The van der Waals surface area contributed by atoms with Crippen LogP contribution < -0.4 is 9.46 Å². The third kappa shape index (κ3) is 5.64. The summed E-state index contributed by atoms with van der Waals surface area (Å²) in [6, 6.07) is 13.6. The summed E-state index contributed by atoms with van der Waals surface area (Å²) in [6.07, 6.45) is 10.1. The van der Waals surface area contributed by atoms with Gasteiger partial charge in [0.2, 0.25) is 0 Å². The van der Waals surface area contributed by atoms with Gasteiger partial charge in [-0.3, -0.25) is 19.4 Å². The number of anilines is 1. The summed E-state index contributed by atoms with van der Waals surface area (Å²) < 4.78 is 36.6. The Morgan fingerprint density at radius 1 is 0.925 bits per heavy atom. The predicted molar refractivity (Wildman–Crippen MR) is 154 cm³/mol. The quantitative estimate of drug-likeness (QED) is 0.244. The fraction of sp³-hybridized carbons (Fsp3) is 0.0741. The molecule has 0 saturated heterocycles. The lowest BCUT2D eigenvalue weighted by Crippen LogP contribution is -2.13. The number of nitrogens with one attached hydrogen (secondary N) is 1. The molecule has 0 aliphatic rings. The smallest absolute Gasteiger partial charge is 0.261 e. The molecular weight excluding hydrogens is 570 g/mol. The number of pyridine rings is 1. The second-order valence-electron chi connectivity index (χ2n) is 8.77. The van der Waals surface area contributed by atoms with Crippen LogP contribution in [0.1, 0.15) is 4.88 Å². The van der Waals surface area contributed by atoms with Gasteiger partial charge < -0.3 is 4.74 Å². The Morgan fingerprint density at radius 2 is 1.77 bits per heavy atom. The first-order chi connectivity index (χ1) is 19.3. The summed E-state index contributed by atoms with van der Waals surface area (Å²) in [5, 5.41) is 4.20. The van der Waals surface area contributed by atoms with Crippen LogP contribution in [0.2, 0.25) is 4.47 Å². The molecule has 200 valence electrons. The van der Waals surface area contributed by atoms with Crippen molar-refractivity contribution in [3.63, 3.8) is 0 Å². The van der Waals surface area contributed by atoms with Gasteiger partial charge in [-0.1, -0.05) is 17.7 Å². The van der Waals surface area contributed by atoms with E-state index in [-0.39, 0.29) is 4.90 Å². The lowest BCUT2D eigenvalue weighted by molar-refractivity contribution is 0.309. The van der Waals surface area contributed by atoms with Crippen molar-refractivity contribution >= 4 is 49.7 Å². The molecule has 0 fully saturated rings. The molecule has 13 heteroatoms. The highest BCUT2D eigenvalue weighted by molar-refractivity contribution is 7.92. The first-order valence-corrected chi connectivity index (χ1v) is 14.6. The van der Waals surface area contributed by atoms with E-state index in [1.54, 1.807) is 47.7 Å². The summed E-state index contributed by atoms with van der Waals surface area (Å²) in [6.45, 7) is 0.290. The average Bonchev–Trinajstić information content (AvgIpc) is 3.59. The summed E-state index contributed by atoms with van der Waals surface area (Å²) in [5.74, 6) is 0.526. The Bertz CT molecular complexity index is 1940. The van der Waals surface area contributed by atoms with Gasteiger partial charge in [0.05, 0.1) is 50.8 Å². The molecule has 0 spiro atoms. The van der Waals surface area contributed by atoms with Crippen molar-refractivity contribution in [1.29, 1.82) is 0 Å². The minimum atomic E-state index is -3.86. The molecule has 0 atom stereocenters. The van der Waals surface area contributed by atoms with E-state index < -0.39 is 10.0 Å². The van der Waals surface area contributed by atoms with Crippen molar-refractivity contribution in [3.05, 3.63) is 95.1 Å². The largest absolute Gasteiger partial charge is 0.488 e. The van der Waals surface area contributed by atoms with E-state index in [1.807, 2.05) is 31.4 Å². The van der Waals surface area contributed by atoms with Crippen molar-refractivity contribution < 1.29 is 13.2 Å². The van der Waals surface area contributed by atoms with Gasteiger partial charge >= 0.3 is 0 Å². The second-order valence-corrected chi connectivity index (χ2v) is 12.1. The van der Waals surface area contributed by atoms with E-state index in [0.29, 0.717) is 33.7 Å². The number of hydrogen-bond donors (Lipinski definition) is 1. The average molecular weight is 590 g/mol. The van der Waals surface area contributed by atoms with E-state index in [0.717, 1.165) is 27.1 Å². The third-order valence-corrected chi connectivity index (χ3v) is 8.39. The molecule has 10 nitrogen and oxygen atoms in total. The molecule has 2 aromatic carbocycles. The van der Waals surface area contributed by atoms with Gasteiger partial charge in [-0.25, -0.2) is 18.4 Å². The molecule has 0 bridgehead atoms. The molecule has 0 saturated carbocycles. The maximum absolute atomic E-state index is 13.1. The Labute approximate surface area is 238 Å². The molecule has 4 heterocycles. The maximum Gasteiger partial charge on any atom is 0.261 e. The van der Waals surface area contributed by atoms with Crippen LogP contribution in [0.4, 0.5) is 5.69 Å². The van der Waals surface area contributed by atoms with Crippen LogP contribution in [0.5, 0.6) is 5.75 Å². The number of rotatable bonds is 8. The number of aryl methyl sites for hydroxylation is 1. The molecule has 0 radical (unpaired) electrons. The van der Waals surface area contributed by atoms with Crippen LogP contribution in [0.15, 0.2) is 90.6 Å². The van der Waals surface area contributed by atoms with Crippen LogP contribution in [-0.2, 0) is 23.7 Å². The predicted octanol–water partition coefficient (Wildman–Crippen LogP) is 5.58. The van der Waals surface area contributed by atoms with Crippen molar-refractivity contribution in [2.24, 2.45) is 7.05 Å². The van der Waals surface area contributed by atoms with Crippen LogP contribution in [0.3, 0.4) is 0 Å². The number of fused-ring (bicyclic) bond motifs is 1. The lowest BCUT2D eigenvalue weighted by atomic mass is 10.1. The van der Waals surface area contributed by atoms with Crippen molar-refractivity contribution in [2.75, 3.05) is 4.72 Å². The number of sulfonamides is 1. The maximum atomic E-state index is 13.1. The van der Waals surface area contributed by atoms with E-state index in [9.17, 15) is 8.42 Å². The molecular formula is C27H20ClN7O3S2. The zero-order valence-corrected chi connectivity index (χ0v) is 23.3. The zero-order chi connectivity index (χ0) is 27.7.